The van der Waals surface area contributed by atoms with Gasteiger partial charge in [-0.3, -0.25) is 14.8 Å². The zero-order chi connectivity index (χ0) is 18.6. The van der Waals surface area contributed by atoms with Crippen LogP contribution < -0.4 is 4.90 Å². The predicted octanol–water partition coefficient (Wildman–Crippen LogP) is 3.49. The minimum atomic E-state index is -0.0570. The molecule has 1 aromatic carbocycles. The second-order valence-electron chi connectivity index (χ2n) is 6.76. The first-order valence-electron chi connectivity index (χ1n) is 9.18. The third-order valence-electron chi connectivity index (χ3n) is 4.99. The molecular formula is C22H22N4O. The van der Waals surface area contributed by atoms with E-state index in [1.165, 1.54) is 16.8 Å². The minimum absolute atomic E-state index is 0.0570. The van der Waals surface area contributed by atoms with Crippen LogP contribution in [0.15, 0.2) is 67.1 Å². The molecule has 3 heterocycles. The second kappa shape index (κ2) is 7.58. The number of hydrogen-bond acceptors (Lipinski definition) is 4. The topological polar surface area (TPSA) is 49.3 Å². The maximum Gasteiger partial charge on any atom is 0.272 e. The molecule has 0 atom stereocenters. The summed E-state index contributed by atoms with van der Waals surface area (Å²) in [6.45, 7) is 1.57. The highest BCUT2D eigenvalue weighted by Crippen LogP contribution is 2.34. The van der Waals surface area contributed by atoms with Gasteiger partial charge in [0, 0.05) is 50.1 Å². The van der Waals surface area contributed by atoms with Crippen molar-refractivity contribution in [3.8, 4) is 0 Å². The third kappa shape index (κ3) is 3.67. The van der Waals surface area contributed by atoms with Crippen molar-refractivity contribution in [2.75, 3.05) is 25.0 Å². The highest BCUT2D eigenvalue weighted by molar-refractivity contribution is 5.93. The van der Waals surface area contributed by atoms with Crippen LogP contribution in [0.5, 0.6) is 0 Å². The van der Waals surface area contributed by atoms with Gasteiger partial charge in [0.15, 0.2) is 0 Å². The van der Waals surface area contributed by atoms with Gasteiger partial charge in [-0.15, -0.1) is 0 Å². The van der Waals surface area contributed by atoms with E-state index in [2.05, 4.69) is 39.1 Å². The van der Waals surface area contributed by atoms with Crippen molar-refractivity contribution < 1.29 is 4.79 Å². The van der Waals surface area contributed by atoms with Gasteiger partial charge in [-0.2, -0.15) is 0 Å². The first-order valence-corrected chi connectivity index (χ1v) is 9.18. The molecule has 5 heteroatoms. The van der Waals surface area contributed by atoms with E-state index < -0.39 is 0 Å². The third-order valence-corrected chi connectivity index (χ3v) is 4.99. The van der Waals surface area contributed by atoms with E-state index >= 15 is 0 Å². The summed E-state index contributed by atoms with van der Waals surface area (Å²) in [5, 5.41) is 0. The lowest BCUT2D eigenvalue weighted by atomic mass is 10.2. The Morgan fingerprint density at radius 2 is 1.93 bits per heavy atom. The number of carbonyl (C=O) groups is 1. The van der Waals surface area contributed by atoms with Crippen molar-refractivity contribution in [3.05, 3.63) is 83.9 Å². The first kappa shape index (κ1) is 17.2. The van der Waals surface area contributed by atoms with E-state index in [1.54, 1.807) is 23.5 Å². The molecule has 0 radical (unpaired) electrons. The van der Waals surface area contributed by atoms with Crippen LogP contribution in [0.3, 0.4) is 0 Å². The lowest BCUT2D eigenvalue weighted by Crippen LogP contribution is -2.29. The molecule has 1 aliphatic heterocycles. The fraction of sp³-hybridized carbons (Fsp3) is 0.227. The molecule has 5 nitrogen and oxygen atoms in total. The summed E-state index contributed by atoms with van der Waals surface area (Å²) in [5.41, 5.74) is 5.22. The van der Waals surface area contributed by atoms with Gasteiger partial charge in [-0.1, -0.05) is 18.2 Å². The van der Waals surface area contributed by atoms with Crippen LogP contribution in [-0.4, -0.2) is 40.9 Å². The van der Waals surface area contributed by atoms with Crippen molar-refractivity contribution in [2.45, 2.75) is 12.8 Å². The van der Waals surface area contributed by atoms with E-state index in [0.717, 1.165) is 25.1 Å². The van der Waals surface area contributed by atoms with Crippen LogP contribution in [0.1, 0.15) is 21.6 Å². The van der Waals surface area contributed by atoms with Gasteiger partial charge in [-0.05, 0) is 54.3 Å². The van der Waals surface area contributed by atoms with Gasteiger partial charge in [0.25, 0.3) is 5.91 Å². The number of amides is 1. The molecule has 2 aromatic heterocycles. The van der Waals surface area contributed by atoms with Crippen molar-refractivity contribution in [1.29, 1.82) is 0 Å². The average molecular weight is 358 g/mol. The van der Waals surface area contributed by atoms with Crippen molar-refractivity contribution in [1.82, 2.24) is 14.9 Å². The summed E-state index contributed by atoms with van der Waals surface area (Å²) >= 11 is 0. The van der Waals surface area contributed by atoms with E-state index in [9.17, 15) is 4.79 Å². The Morgan fingerprint density at radius 3 is 2.78 bits per heavy atom. The largest absolute Gasteiger partial charge is 0.341 e. The highest BCUT2D eigenvalue weighted by atomic mass is 16.2. The summed E-state index contributed by atoms with van der Waals surface area (Å²) in [4.78, 5) is 25.1. The number of hydrogen-bond donors (Lipinski definition) is 0. The van der Waals surface area contributed by atoms with Gasteiger partial charge in [0.05, 0.1) is 0 Å². The number of nitrogens with zero attached hydrogens (tertiary/aromatic N) is 4. The number of para-hydroxylation sites is 1. The lowest BCUT2D eigenvalue weighted by Gasteiger charge is -2.21. The summed E-state index contributed by atoms with van der Waals surface area (Å²) in [6.07, 6.45) is 7.09. The smallest absolute Gasteiger partial charge is 0.272 e. The number of benzene rings is 1. The molecule has 0 unspecified atom stereocenters. The average Bonchev–Trinajstić information content (AvgIpc) is 3.16. The summed E-state index contributed by atoms with van der Waals surface area (Å²) in [6, 6.07) is 16.2. The summed E-state index contributed by atoms with van der Waals surface area (Å²) < 4.78 is 0. The molecule has 1 aliphatic rings. The Labute approximate surface area is 159 Å². The first-order chi connectivity index (χ1) is 13.2. The molecule has 1 amide bonds. The van der Waals surface area contributed by atoms with Crippen LogP contribution in [0, 0.1) is 0 Å². The fourth-order valence-corrected chi connectivity index (χ4v) is 3.45. The summed E-state index contributed by atoms with van der Waals surface area (Å²) in [7, 11) is 1.82. The van der Waals surface area contributed by atoms with Crippen LogP contribution in [0.2, 0.25) is 0 Å². The minimum Gasteiger partial charge on any atom is -0.341 e. The lowest BCUT2D eigenvalue weighted by molar-refractivity contribution is 0.0791. The molecule has 3 aromatic rings. The van der Waals surface area contributed by atoms with E-state index in [1.807, 2.05) is 31.3 Å². The normalized spacial score (nSPS) is 12.7. The van der Waals surface area contributed by atoms with Crippen LogP contribution in [0.4, 0.5) is 11.4 Å². The number of aromatic nitrogens is 2. The van der Waals surface area contributed by atoms with Gasteiger partial charge >= 0.3 is 0 Å². The number of likely N-dealkylation sites (N-methyl/N-ethyl adjacent to an activating group) is 1. The van der Waals surface area contributed by atoms with E-state index in [4.69, 9.17) is 0 Å². The maximum atomic E-state index is 12.8. The number of rotatable bonds is 5. The Hall–Kier alpha value is -3.21. The van der Waals surface area contributed by atoms with Crippen LogP contribution >= 0.6 is 0 Å². The predicted molar refractivity (Wildman–Crippen MR) is 106 cm³/mol. The van der Waals surface area contributed by atoms with Crippen molar-refractivity contribution >= 4 is 17.3 Å². The Bertz CT molecular complexity index is 942. The molecule has 0 N–H and O–H groups in total. The van der Waals surface area contributed by atoms with Crippen molar-refractivity contribution in [3.63, 3.8) is 0 Å². The zero-order valence-corrected chi connectivity index (χ0v) is 15.4. The quantitative estimate of drug-likeness (QED) is 0.701. The SMILES string of the molecule is CN(CCc1ccncc1)C(=O)c1cc(N2CCc3ccccc32)ccn1. The summed E-state index contributed by atoms with van der Waals surface area (Å²) in [5.74, 6) is -0.0570. The fourth-order valence-electron chi connectivity index (χ4n) is 3.45. The Morgan fingerprint density at radius 1 is 1.11 bits per heavy atom. The molecule has 0 aliphatic carbocycles. The molecule has 0 spiro atoms. The molecule has 136 valence electrons. The van der Waals surface area contributed by atoms with E-state index in [-0.39, 0.29) is 5.91 Å². The molecule has 0 bridgehead atoms. The standard InChI is InChI=1S/C22H22N4O/c1-25(14-9-17-6-11-23-12-7-17)22(27)20-16-19(8-13-24-20)26-15-10-18-4-2-3-5-21(18)26/h2-8,11-13,16H,9-10,14-15H2,1H3. The Balaban J connectivity index is 1.48. The van der Waals surface area contributed by atoms with E-state index in [0.29, 0.717) is 12.2 Å². The van der Waals surface area contributed by atoms with Crippen molar-refractivity contribution in [2.24, 2.45) is 0 Å². The molecule has 0 saturated heterocycles. The molecule has 4 rings (SSSR count). The molecular weight excluding hydrogens is 336 g/mol. The number of pyridine rings is 2. The van der Waals surface area contributed by atoms with Crippen LogP contribution in [-0.2, 0) is 12.8 Å². The van der Waals surface area contributed by atoms with Crippen LogP contribution in [0.25, 0.3) is 0 Å². The number of anilines is 2. The monoisotopic (exact) mass is 358 g/mol. The maximum absolute atomic E-state index is 12.8. The molecule has 27 heavy (non-hydrogen) atoms. The highest BCUT2D eigenvalue weighted by Gasteiger charge is 2.21. The molecule has 0 saturated carbocycles. The molecule has 0 fully saturated rings. The zero-order valence-electron chi connectivity index (χ0n) is 15.4. The van der Waals surface area contributed by atoms with Gasteiger partial charge in [0.2, 0.25) is 0 Å². The number of fused-ring (bicyclic) bond motifs is 1. The Kier molecular flexibility index (Phi) is 4.83. The number of carbonyl (C=O) groups excluding carboxylic acids is 1. The van der Waals surface area contributed by atoms with Gasteiger partial charge in [0.1, 0.15) is 5.69 Å². The van der Waals surface area contributed by atoms with Gasteiger partial charge < -0.3 is 9.80 Å². The second-order valence-corrected chi connectivity index (χ2v) is 6.76. The van der Waals surface area contributed by atoms with Gasteiger partial charge in [-0.25, -0.2) is 0 Å².